The number of fused-ring (bicyclic) bond motifs is 1. The van der Waals surface area contributed by atoms with Gasteiger partial charge in [-0.3, -0.25) is 24.7 Å². The lowest BCUT2D eigenvalue weighted by molar-refractivity contribution is -0.384. The molecule has 30 heavy (non-hydrogen) atoms. The first-order valence-electron chi connectivity index (χ1n) is 9.43. The molecule has 0 saturated heterocycles. The Labute approximate surface area is 172 Å². The molecule has 158 valence electrons. The Morgan fingerprint density at radius 2 is 1.77 bits per heavy atom. The number of allylic oxidation sites excluding steroid dienone is 1. The van der Waals surface area contributed by atoms with E-state index in [1.807, 2.05) is 0 Å². The molecule has 1 aliphatic heterocycles. The van der Waals surface area contributed by atoms with Crippen LogP contribution >= 0.6 is 0 Å². The molecule has 1 aliphatic carbocycles. The van der Waals surface area contributed by atoms with Gasteiger partial charge in [-0.15, -0.1) is 0 Å². The molecule has 9 nitrogen and oxygen atoms in total. The number of benzene rings is 1. The van der Waals surface area contributed by atoms with E-state index in [4.69, 9.17) is 9.47 Å². The molecule has 0 amide bonds. The predicted octanol–water partition coefficient (Wildman–Crippen LogP) is 2.59. The van der Waals surface area contributed by atoms with Crippen molar-refractivity contribution in [2.45, 2.75) is 26.2 Å². The Morgan fingerprint density at radius 1 is 1.13 bits per heavy atom. The van der Waals surface area contributed by atoms with E-state index in [1.54, 1.807) is 13.8 Å². The van der Waals surface area contributed by atoms with Crippen LogP contribution in [0.15, 0.2) is 40.5 Å². The van der Waals surface area contributed by atoms with Crippen molar-refractivity contribution in [3.8, 4) is 0 Å². The summed E-state index contributed by atoms with van der Waals surface area (Å²) in [6.07, 6.45) is 0.394. The second-order valence-electron chi connectivity index (χ2n) is 7.48. The van der Waals surface area contributed by atoms with Crippen LogP contribution in [0, 0.1) is 27.9 Å². The standard InChI is InChI=1S/C21H22N2O7/c1-10-9-14-18(19(24)15(10)20(25)29-3)17(16(11(2)22-14)21(26)30-4)12-5-7-13(8-6-12)23(27)28/h5-8,10,15,17-18H,9H2,1-4H3/t10-,15-,17+,18?/m1/s1. The van der Waals surface area contributed by atoms with Crippen molar-refractivity contribution in [3.63, 3.8) is 0 Å². The SMILES string of the molecule is COC(=O)C1=C(C)N=C2C[C@@H](C)[C@@H](C(=O)OC)C(=O)C2[C@H]1c1ccc([N+](=O)[O-])cc1. The van der Waals surface area contributed by atoms with Crippen LogP contribution < -0.4 is 0 Å². The summed E-state index contributed by atoms with van der Waals surface area (Å²) in [6, 6.07) is 5.66. The second kappa shape index (κ2) is 8.17. The highest BCUT2D eigenvalue weighted by Gasteiger charge is 2.51. The first kappa shape index (κ1) is 21.4. The van der Waals surface area contributed by atoms with Crippen LogP contribution in [-0.2, 0) is 23.9 Å². The maximum atomic E-state index is 13.4. The van der Waals surface area contributed by atoms with Crippen molar-refractivity contribution in [1.82, 2.24) is 0 Å². The molecule has 0 aromatic heterocycles. The van der Waals surface area contributed by atoms with Gasteiger partial charge in [-0.2, -0.15) is 0 Å². The number of carbonyl (C=O) groups excluding carboxylic acids is 3. The average Bonchev–Trinajstić information content (AvgIpc) is 2.72. The van der Waals surface area contributed by atoms with Crippen molar-refractivity contribution in [3.05, 3.63) is 51.2 Å². The van der Waals surface area contributed by atoms with Crippen molar-refractivity contribution in [2.75, 3.05) is 14.2 Å². The minimum Gasteiger partial charge on any atom is -0.468 e. The molecule has 1 heterocycles. The van der Waals surface area contributed by atoms with Gasteiger partial charge >= 0.3 is 11.9 Å². The molecule has 4 atom stereocenters. The van der Waals surface area contributed by atoms with E-state index in [0.29, 0.717) is 23.4 Å². The molecule has 1 saturated carbocycles. The number of rotatable bonds is 4. The Kier molecular flexibility index (Phi) is 5.82. The van der Waals surface area contributed by atoms with Gasteiger partial charge in [0.05, 0.1) is 30.6 Å². The van der Waals surface area contributed by atoms with Crippen molar-refractivity contribution in [2.24, 2.45) is 22.7 Å². The Hall–Kier alpha value is -3.36. The van der Waals surface area contributed by atoms with Gasteiger partial charge in [0.25, 0.3) is 5.69 Å². The van der Waals surface area contributed by atoms with Crippen LogP contribution in [0.2, 0.25) is 0 Å². The van der Waals surface area contributed by atoms with Gasteiger partial charge in [-0.05, 0) is 24.8 Å². The lowest BCUT2D eigenvalue weighted by Gasteiger charge is -2.39. The number of nitrogens with zero attached hydrogens (tertiary/aromatic N) is 2. The number of nitro groups is 1. The van der Waals surface area contributed by atoms with E-state index in [9.17, 15) is 24.5 Å². The van der Waals surface area contributed by atoms with E-state index in [2.05, 4.69) is 4.99 Å². The quantitative estimate of drug-likeness (QED) is 0.321. The van der Waals surface area contributed by atoms with Crippen molar-refractivity contribution >= 4 is 29.1 Å². The number of esters is 2. The molecule has 3 rings (SSSR count). The van der Waals surface area contributed by atoms with Crippen LogP contribution in [0.1, 0.15) is 31.7 Å². The number of ketones is 1. The zero-order chi connectivity index (χ0) is 22.2. The minimum absolute atomic E-state index is 0.111. The Bertz CT molecular complexity index is 978. The van der Waals surface area contributed by atoms with Crippen molar-refractivity contribution in [1.29, 1.82) is 0 Å². The fourth-order valence-corrected chi connectivity index (χ4v) is 4.37. The number of non-ortho nitro benzene ring substituents is 1. The highest BCUT2D eigenvalue weighted by Crippen LogP contribution is 2.46. The second-order valence-corrected chi connectivity index (χ2v) is 7.48. The summed E-state index contributed by atoms with van der Waals surface area (Å²) in [4.78, 5) is 53.3. The van der Waals surface area contributed by atoms with Crippen LogP contribution in [0.3, 0.4) is 0 Å². The van der Waals surface area contributed by atoms with Gasteiger partial charge in [0.2, 0.25) is 0 Å². The molecule has 1 unspecified atom stereocenters. The highest BCUT2D eigenvalue weighted by atomic mass is 16.6. The molecule has 9 heteroatoms. The van der Waals surface area contributed by atoms with Crippen LogP contribution in [0.4, 0.5) is 5.69 Å². The molecule has 0 N–H and O–H groups in total. The van der Waals surface area contributed by atoms with Gasteiger partial charge in [-0.1, -0.05) is 19.1 Å². The molecular formula is C21H22N2O7. The summed E-state index contributed by atoms with van der Waals surface area (Å²) in [5, 5.41) is 11.0. The number of aliphatic imine (C=N–C) groups is 1. The smallest absolute Gasteiger partial charge is 0.336 e. The summed E-state index contributed by atoms with van der Waals surface area (Å²) in [7, 11) is 2.46. The molecule has 1 aromatic rings. The van der Waals surface area contributed by atoms with Crippen LogP contribution in [0.5, 0.6) is 0 Å². The molecule has 0 spiro atoms. The number of carbonyl (C=O) groups is 3. The molecule has 1 fully saturated rings. The molecular weight excluding hydrogens is 392 g/mol. The van der Waals surface area contributed by atoms with Gasteiger partial charge in [0, 0.05) is 29.5 Å². The number of ether oxygens (including phenoxy) is 2. The fraction of sp³-hybridized carbons (Fsp3) is 0.429. The Balaban J connectivity index is 2.17. The lowest BCUT2D eigenvalue weighted by atomic mass is 9.64. The van der Waals surface area contributed by atoms with Crippen LogP contribution in [0.25, 0.3) is 0 Å². The summed E-state index contributed by atoms with van der Waals surface area (Å²) in [5.74, 6) is -4.54. The van der Waals surface area contributed by atoms with Gasteiger partial charge < -0.3 is 9.47 Å². The van der Waals surface area contributed by atoms with E-state index in [-0.39, 0.29) is 23.0 Å². The number of hydrogen-bond acceptors (Lipinski definition) is 8. The normalized spacial score (nSPS) is 25.9. The number of hydrogen-bond donors (Lipinski definition) is 0. The summed E-state index contributed by atoms with van der Waals surface area (Å²) in [5.41, 5.74) is 1.63. The largest absolute Gasteiger partial charge is 0.468 e. The first-order valence-corrected chi connectivity index (χ1v) is 9.43. The number of nitro benzene ring substituents is 1. The van der Waals surface area contributed by atoms with Gasteiger partial charge in [0.1, 0.15) is 5.92 Å². The summed E-state index contributed by atoms with van der Waals surface area (Å²) in [6.45, 7) is 3.45. The van der Waals surface area contributed by atoms with E-state index < -0.39 is 34.6 Å². The Morgan fingerprint density at radius 3 is 2.30 bits per heavy atom. The maximum absolute atomic E-state index is 13.4. The van der Waals surface area contributed by atoms with Crippen LogP contribution in [-0.4, -0.2) is 42.6 Å². The minimum atomic E-state index is -0.975. The zero-order valence-corrected chi connectivity index (χ0v) is 17.1. The van der Waals surface area contributed by atoms with E-state index >= 15 is 0 Å². The topological polar surface area (TPSA) is 125 Å². The summed E-state index contributed by atoms with van der Waals surface area (Å²) < 4.78 is 9.76. The van der Waals surface area contributed by atoms with Crippen molar-refractivity contribution < 1.29 is 28.8 Å². The molecule has 2 aliphatic rings. The average molecular weight is 414 g/mol. The third kappa shape index (κ3) is 3.51. The molecule has 0 radical (unpaired) electrons. The highest BCUT2D eigenvalue weighted by molar-refractivity contribution is 6.17. The third-order valence-electron chi connectivity index (χ3n) is 5.74. The van der Waals surface area contributed by atoms with Gasteiger partial charge in [-0.25, -0.2) is 4.79 Å². The first-order chi connectivity index (χ1) is 14.2. The molecule has 1 aromatic carbocycles. The number of Topliss-reactive ketones (excluding diaryl/α,β-unsaturated/α-hetero) is 1. The third-order valence-corrected chi connectivity index (χ3v) is 5.74. The maximum Gasteiger partial charge on any atom is 0.336 e. The van der Waals surface area contributed by atoms with Gasteiger partial charge in [0.15, 0.2) is 5.78 Å². The zero-order valence-electron chi connectivity index (χ0n) is 17.1. The van der Waals surface area contributed by atoms with E-state index in [1.165, 1.54) is 38.5 Å². The summed E-state index contributed by atoms with van der Waals surface area (Å²) >= 11 is 0. The predicted molar refractivity (Wildman–Crippen MR) is 106 cm³/mol. The lowest BCUT2D eigenvalue weighted by Crippen LogP contribution is -2.48. The van der Waals surface area contributed by atoms with E-state index in [0.717, 1.165) is 0 Å². The molecule has 0 bridgehead atoms. The fourth-order valence-electron chi connectivity index (χ4n) is 4.37. The monoisotopic (exact) mass is 414 g/mol. The number of methoxy groups -OCH3 is 2.